The van der Waals surface area contributed by atoms with Gasteiger partial charge in [0.2, 0.25) is 0 Å². The zero-order valence-electron chi connectivity index (χ0n) is 11.1. The molecule has 1 unspecified atom stereocenters. The third kappa shape index (κ3) is 3.76. The second-order valence-corrected chi connectivity index (χ2v) is 6.59. The Morgan fingerprint density at radius 3 is 2.89 bits per heavy atom. The van der Waals surface area contributed by atoms with Crippen LogP contribution in [0, 0.1) is 0 Å². The minimum atomic E-state index is -0.883. The molecule has 0 bridgehead atoms. The molecule has 0 aliphatic carbocycles. The van der Waals surface area contributed by atoms with Gasteiger partial charge >= 0.3 is 5.97 Å². The molecule has 0 aromatic carbocycles. The van der Waals surface area contributed by atoms with Crippen LogP contribution in [0.1, 0.15) is 28.4 Å². The van der Waals surface area contributed by atoms with Crippen LogP contribution in [-0.4, -0.2) is 52.5 Å². The number of nitrogens with zero attached hydrogens (tertiary/aromatic N) is 1. The minimum Gasteiger partial charge on any atom is -0.477 e. The SMILES string of the molecule is CC1(C)CN(Cc2ccc(C(=O)O)s2)CC(CO)O1. The van der Waals surface area contributed by atoms with E-state index in [1.165, 1.54) is 11.3 Å². The maximum Gasteiger partial charge on any atom is 0.345 e. The van der Waals surface area contributed by atoms with E-state index in [1.807, 2.05) is 19.9 Å². The van der Waals surface area contributed by atoms with Gasteiger partial charge < -0.3 is 14.9 Å². The number of hydrogen-bond acceptors (Lipinski definition) is 5. The first-order valence-corrected chi connectivity index (χ1v) is 7.04. The molecule has 2 heterocycles. The molecule has 1 aliphatic heterocycles. The number of hydrogen-bond donors (Lipinski definition) is 2. The number of carbonyl (C=O) groups is 1. The summed E-state index contributed by atoms with van der Waals surface area (Å²) in [6.45, 7) is 6.13. The molecule has 1 aromatic rings. The number of aromatic carboxylic acids is 1. The van der Waals surface area contributed by atoms with Crippen molar-refractivity contribution in [3.8, 4) is 0 Å². The molecule has 0 saturated carbocycles. The van der Waals surface area contributed by atoms with E-state index < -0.39 is 5.97 Å². The van der Waals surface area contributed by atoms with Crippen molar-refractivity contribution in [1.29, 1.82) is 0 Å². The fourth-order valence-electron chi connectivity index (χ4n) is 2.43. The summed E-state index contributed by atoms with van der Waals surface area (Å²) in [5, 5.41) is 18.2. The Hall–Kier alpha value is -0.950. The Kier molecular flexibility index (Phi) is 4.25. The normalized spacial score (nSPS) is 23.4. The number of aliphatic hydroxyl groups is 1. The van der Waals surface area contributed by atoms with Gasteiger partial charge in [0, 0.05) is 24.5 Å². The van der Waals surface area contributed by atoms with Gasteiger partial charge in [-0.15, -0.1) is 11.3 Å². The molecular weight excluding hydrogens is 266 g/mol. The summed E-state index contributed by atoms with van der Waals surface area (Å²) < 4.78 is 5.75. The van der Waals surface area contributed by atoms with Crippen molar-refractivity contribution in [3.05, 3.63) is 21.9 Å². The molecule has 0 radical (unpaired) electrons. The van der Waals surface area contributed by atoms with Crippen LogP contribution in [0.25, 0.3) is 0 Å². The van der Waals surface area contributed by atoms with Crippen LogP contribution in [-0.2, 0) is 11.3 Å². The molecule has 0 amide bonds. The molecule has 0 spiro atoms. The maximum atomic E-state index is 10.9. The van der Waals surface area contributed by atoms with Crippen molar-refractivity contribution >= 4 is 17.3 Å². The Balaban J connectivity index is 2.02. The predicted molar refractivity (Wildman–Crippen MR) is 72.6 cm³/mol. The smallest absolute Gasteiger partial charge is 0.345 e. The van der Waals surface area contributed by atoms with Gasteiger partial charge in [-0.3, -0.25) is 4.90 Å². The second kappa shape index (κ2) is 5.58. The first kappa shape index (κ1) is 14.5. The van der Waals surface area contributed by atoms with E-state index >= 15 is 0 Å². The summed E-state index contributed by atoms with van der Waals surface area (Å²) in [4.78, 5) is 14.4. The number of carboxylic acids is 1. The summed E-state index contributed by atoms with van der Waals surface area (Å²) in [7, 11) is 0. The highest BCUT2D eigenvalue weighted by atomic mass is 32.1. The number of morpholine rings is 1. The van der Waals surface area contributed by atoms with Gasteiger partial charge in [-0.1, -0.05) is 0 Å². The number of rotatable bonds is 4. The lowest BCUT2D eigenvalue weighted by atomic mass is 10.1. The standard InChI is InChI=1S/C13H19NO4S/c1-13(2)8-14(5-9(7-15)18-13)6-10-3-4-11(19-10)12(16)17/h3-4,9,15H,5-8H2,1-2H3,(H,16,17). The van der Waals surface area contributed by atoms with E-state index in [1.54, 1.807) is 6.07 Å². The Labute approximate surface area is 116 Å². The van der Waals surface area contributed by atoms with E-state index in [4.69, 9.17) is 9.84 Å². The van der Waals surface area contributed by atoms with Gasteiger partial charge in [0.1, 0.15) is 4.88 Å². The Bertz CT molecular complexity index is 457. The van der Waals surface area contributed by atoms with E-state index in [0.29, 0.717) is 18.0 Å². The van der Waals surface area contributed by atoms with Crippen LogP contribution in [0.4, 0.5) is 0 Å². The number of carboxylic acid groups (broad SMARTS) is 1. The summed E-state index contributed by atoms with van der Waals surface area (Å²) in [5.41, 5.74) is -0.293. The number of aliphatic hydroxyl groups excluding tert-OH is 1. The monoisotopic (exact) mass is 285 g/mol. The predicted octanol–water partition coefficient (Wildman–Crippen LogP) is 1.42. The first-order valence-electron chi connectivity index (χ1n) is 6.23. The lowest BCUT2D eigenvalue weighted by molar-refractivity contribution is -0.150. The highest BCUT2D eigenvalue weighted by Gasteiger charge is 2.33. The van der Waals surface area contributed by atoms with Crippen molar-refractivity contribution in [1.82, 2.24) is 4.90 Å². The van der Waals surface area contributed by atoms with Crippen LogP contribution < -0.4 is 0 Å². The molecule has 1 aromatic heterocycles. The fraction of sp³-hybridized carbons (Fsp3) is 0.615. The summed E-state index contributed by atoms with van der Waals surface area (Å²) in [5.74, 6) is -0.883. The average Bonchev–Trinajstić information content (AvgIpc) is 2.75. The molecule has 2 N–H and O–H groups in total. The highest BCUT2D eigenvalue weighted by molar-refractivity contribution is 7.13. The van der Waals surface area contributed by atoms with E-state index in [2.05, 4.69) is 4.90 Å². The summed E-state index contributed by atoms with van der Waals surface area (Å²) >= 11 is 1.30. The quantitative estimate of drug-likeness (QED) is 0.875. The van der Waals surface area contributed by atoms with Crippen LogP contribution in [0.3, 0.4) is 0 Å². The van der Waals surface area contributed by atoms with Crippen molar-refractivity contribution < 1.29 is 19.7 Å². The molecule has 2 rings (SSSR count). The van der Waals surface area contributed by atoms with Gasteiger partial charge in [-0.2, -0.15) is 0 Å². The number of thiophene rings is 1. The molecule has 6 heteroatoms. The van der Waals surface area contributed by atoms with E-state index in [9.17, 15) is 9.90 Å². The average molecular weight is 285 g/mol. The highest BCUT2D eigenvalue weighted by Crippen LogP contribution is 2.24. The van der Waals surface area contributed by atoms with Gasteiger partial charge in [0.05, 0.1) is 18.3 Å². The molecule has 1 aliphatic rings. The van der Waals surface area contributed by atoms with Gasteiger partial charge in [0.25, 0.3) is 0 Å². The Morgan fingerprint density at radius 1 is 1.58 bits per heavy atom. The van der Waals surface area contributed by atoms with Crippen molar-refractivity contribution in [2.45, 2.75) is 32.1 Å². The van der Waals surface area contributed by atoms with Crippen molar-refractivity contribution in [2.24, 2.45) is 0 Å². The molecule has 19 heavy (non-hydrogen) atoms. The third-order valence-electron chi connectivity index (χ3n) is 3.01. The lowest BCUT2D eigenvalue weighted by Gasteiger charge is -2.42. The third-order valence-corrected chi connectivity index (χ3v) is 4.07. The molecule has 5 nitrogen and oxygen atoms in total. The second-order valence-electron chi connectivity index (χ2n) is 5.42. The van der Waals surface area contributed by atoms with Gasteiger partial charge in [0.15, 0.2) is 0 Å². The molecule has 106 valence electrons. The van der Waals surface area contributed by atoms with Crippen molar-refractivity contribution in [2.75, 3.05) is 19.7 Å². The Morgan fingerprint density at radius 2 is 2.32 bits per heavy atom. The van der Waals surface area contributed by atoms with Crippen LogP contribution in [0.5, 0.6) is 0 Å². The topological polar surface area (TPSA) is 70.0 Å². The van der Waals surface area contributed by atoms with Gasteiger partial charge in [-0.05, 0) is 26.0 Å². The largest absolute Gasteiger partial charge is 0.477 e. The van der Waals surface area contributed by atoms with Crippen LogP contribution in [0.2, 0.25) is 0 Å². The van der Waals surface area contributed by atoms with Crippen LogP contribution >= 0.6 is 11.3 Å². The van der Waals surface area contributed by atoms with E-state index in [-0.39, 0.29) is 18.3 Å². The first-order chi connectivity index (χ1) is 8.89. The molecular formula is C13H19NO4S. The minimum absolute atomic E-state index is 0.00471. The van der Waals surface area contributed by atoms with Crippen LogP contribution in [0.15, 0.2) is 12.1 Å². The zero-order valence-corrected chi connectivity index (χ0v) is 11.9. The summed E-state index contributed by atoms with van der Waals surface area (Å²) in [6, 6.07) is 3.49. The summed E-state index contributed by atoms with van der Waals surface area (Å²) in [6.07, 6.45) is -0.178. The maximum absolute atomic E-state index is 10.9. The molecule has 1 atom stereocenters. The number of ether oxygens (including phenoxy) is 1. The van der Waals surface area contributed by atoms with E-state index in [0.717, 1.165) is 11.4 Å². The fourth-order valence-corrected chi connectivity index (χ4v) is 3.32. The molecule has 1 saturated heterocycles. The van der Waals surface area contributed by atoms with Gasteiger partial charge in [-0.25, -0.2) is 4.79 Å². The van der Waals surface area contributed by atoms with Crippen molar-refractivity contribution in [3.63, 3.8) is 0 Å². The zero-order chi connectivity index (χ0) is 14.0. The lowest BCUT2D eigenvalue weighted by Crippen LogP contribution is -2.53. The molecule has 1 fully saturated rings.